The lowest BCUT2D eigenvalue weighted by atomic mass is 10.3. The van der Waals surface area contributed by atoms with Gasteiger partial charge in [-0.15, -0.1) is 0 Å². The number of carbonyl (C=O) groups excluding carboxylic acids is 2. The molecule has 1 fully saturated rings. The third-order valence-electron chi connectivity index (χ3n) is 2.27. The molecule has 0 radical (unpaired) electrons. The summed E-state index contributed by atoms with van der Waals surface area (Å²) in [6.45, 7) is 0.218. The molecule has 88 valence electrons. The second kappa shape index (κ2) is 4.16. The summed E-state index contributed by atoms with van der Waals surface area (Å²) in [5, 5.41) is 12.6. The molecule has 1 aliphatic rings. The van der Waals surface area contributed by atoms with Crippen molar-refractivity contribution in [2.75, 3.05) is 11.4 Å². The summed E-state index contributed by atoms with van der Waals surface area (Å²) in [5.41, 5.74) is -0.151. The molecular weight excluding hydrogens is 228 g/mol. The predicted octanol–water partition coefficient (Wildman–Crippen LogP) is 0.436. The third kappa shape index (κ3) is 2.19. The van der Waals surface area contributed by atoms with Gasteiger partial charge in [0.15, 0.2) is 0 Å². The highest BCUT2D eigenvalue weighted by Gasteiger charge is 2.25. The van der Waals surface area contributed by atoms with E-state index in [-0.39, 0.29) is 30.4 Å². The maximum Gasteiger partial charge on any atom is 0.329 e. The minimum absolute atomic E-state index is 0.151. The number of nitrogens with zero attached hydrogens (tertiary/aromatic N) is 3. The number of aromatic nitrogens is 1. The third-order valence-corrected chi connectivity index (χ3v) is 2.27. The van der Waals surface area contributed by atoms with Gasteiger partial charge in [-0.25, -0.2) is 9.78 Å². The van der Waals surface area contributed by atoms with Gasteiger partial charge in [-0.3, -0.25) is 25.1 Å². The number of urea groups is 1. The molecule has 3 amide bonds. The number of imide groups is 1. The van der Waals surface area contributed by atoms with Gasteiger partial charge >= 0.3 is 6.03 Å². The van der Waals surface area contributed by atoms with Crippen LogP contribution in [0.25, 0.3) is 0 Å². The second-order valence-corrected chi connectivity index (χ2v) is 3.39. The fraction of sp³-hybridized carbons (Fsp3) is 0.222. The number of anilines is 1. The summed E-state index contributed by atoms with van der Waals surface area (Å²) in [6, 6.07) is 2.06. The highest BCUT2D eigenvalue weighted by atomic mass is 16.6. The largest absolute Gasteiger partial charge is 0.329 e. The molecule has 1 aromatic rings. The zero-order chi connectivity index (χ0) is 12.4. The summed E-state index contributed by atoms with van der Waals surface area (Å²) in [6.07, 6.45) is 1.25. The molecule has 0 aliphatic carbocycles. The van der Waals surface area contributed by atoms with Crippen molar-refractivity contribution >= 4 is 23.4 Å². The molecule has 0 saturated carbocycles. The van der Waals surface area contributed by atoms with E-state index in [1.165, 1.54) is 17.0 Å². The van der Waals surface area contributed by atoms with Crippen LogP contribution in [0, 0.1) is 10.1 Å². The molecule has 0 unspecified atom stereocenters. The minimum atomic E-state index is -0.573. The van der Waals surface area contributed by atoms with E-state index in [2.05, 4.69) is 10.3 Å². The van der Waals surface area contributed by atoms with Crippen molar-refractivity contribution in [2.45, 2.75) is 6.42 Å². The zero-order valence-corrected chi connectivity index (χ0v) is 8.62. The Bertz CT molecular complexity index is 484. The first-order chi connectivity index (χ1) is 8.08. The lowest BCUT2D eigenvalue weighted by Gasteiger charge is -2.25. The highest BCUT2D eigenvalue weighted by molar-refractivity contribution is 6.05. The molecule has 0 atom stereocenters. The van der Waals surface area contributed by atoms with Crippen LogP contribution in [0.2, 0.25) is 0 Å². The Morgan fingerprint density at radius 2 is 2.18 bits per heavy atom. The molecule has 8 heteroatoms. The van der Waals surface area contributed by atoms with Crippen molar-refractivity contribution in [3.8, 4) is 0 Å². The normalized spacial score (nSPS) is 15.6. The van der Waals surface area contributed by atoms with Crippen molar-refractivity contribution < 1.29 is 14.5 Å². The fourth-order valence-corrected chi connectivity index (χ4v) is 1.43. The topological polar surface area (TPSA) is 105 Å². The van der Waals surface area contributed by atoms with E-state index in [0.29, 0.717) is 0 Å². The molecule has 8 nitrogen and oxygen atoms in total. The van der Waals surface area contributed by atoms with E-state index >= 15 is 0 Å². The van der Waals surface area contributed by atoms with Gasteiger partial charge < -0.3 is 0 Å². The van der Waals surface area contributed by atoms with Crippen molar-refractivity contribution in [2.24, 2.45) is 0 Å². The Morgan fingerprint density at radius 3 is 2.71 bits per heavy atom. The van der Waals surface area contributed by atoms with E-state index in [9.17, 15) is 19.7 Å². The summed E-state index contributed by atoms with van der Waals surface area (Å²) in [7, 11) is 0. The average molecular weight is 236 g/mol. The Hall–Kier alpha value is -2.51. The average Bonchev–Trinajstić information content (AvgIpc) is 2.29. The van der Waals surface area contributed by atoms with Gasteiger partial charge in [0.2, 0.25) is 5.91 Å². The molecule has 1 aliphatic heterocycles. The number of carbonyl (C=O) groups is 2. The smallest absolute Gasteiger partial charge is 0.278 e. The molecule has 1 saturated heterocycles. The number of hydrogen-bond acceptors (Lipinski definition) is 5. The van der Waals surface area contributed by atoms with E-state index in [4.69, 9.17) is 0 Å². The van der Waals surface area contributed by atoms with Crippen molar-refractivity contribution in [3.63, 3.8) is 0 Å². The minimum Gasteiger partial charge on any atom is -0.278 e. The maximum absolute atomic E-state index is 11.4. The number of pyridine rings is 1. The zero-order valence-electron chi connectivity index (χ0n) is 8.62. The van der Waals surface area contributed by atoms with Gasteiger partial charge in [0.1, 0.15) is 12.0 Å². The van der Waals surface area contributed by atoms with Crippen LogP contribution in [0.4, 0.5) is 16.3 Å². The first-order valence-electron chi connectivity index (χ1n) is 4.80. The Morgan fingerprint density at radius 1 is 1.41 bits per heavy atom. The van der Waals surface area contributed by atoms with E-state index in [1.54, 1.807) is 0 Å². The molecular formula is C9H8N4O4. The molecule has 2 rings (SSSR count). The van der Waals surface area contributed by atoms with E-state index in [1.807, 2.05) is 0 Å². The summed E-state index contributed by atoms with van der Waals surface area (Å²) in [5.74, 6) is -0.0613. The first-order valence-corrected chi connectivity index (χ1v) is 4.80. The van der Waals surface area contributed by atoms with Crippen LogP contribution in [0.15, 0.2) is 18.3 Å². The molecule has 0 aromatic carbocycles. The Kier molecular flexibility index (Phi) is 2.69. The number of nitro groups is 1. The molecule has 1 N–H and O–H groups in total. The maximum atomic E-state index is 11.4. The lowest BCUT2D eigenvalue weighted by Crippen LogP contribution is -2.49. The molecule has 0 spiro atoms. The second-order valence-electron chi connectivity index (χ2n) is 3.39. The number of hydrogen-bond donors (Lipinski definition) is 1. The van der Waals surface area contributed by atoms with Gasteiger partial charge in [-0.05, 0) is 6.07 Å². The predicted molar refractivity (Wildman–Crippen MR) is 56.4 cm³/mol. The standard InChI is InChI=1S/C9H8N4O4/c14-8-3-4-12(9(15)11-8)7-2-1-6(5-10-7)13(16)17/h1-2,5H,3-4H2,(H,11,14,15). The van der Waals surface area contributed by atoms with Gasteiger partial charge in [0.05, 0.1) is 4.92 Å². The van der Waals surface area contributed by atoms with E-state index in [0.717, 1.165) is 6.20 Å². The van der Waals surface area contributed by atoms with Crippen LogP contribution < -0.4 is 10.2 Å². The van der Waals surface area contributed by atoms with Crippen molar-refractivity contribution in [1.82, 2.24) is 10.3 Å². The number of nitrogens with one attached hydrogen (secondary N) is 1. The number of rotatable bonds is 2. The van der Waals surface area contributed by atoms with Crippen LogP contribution in [-0.4, -0.2) is 28.4 Å². The fourth-order valence-electron chi connectivity index (χ4n) is 1.43. The quantitative estimate of drug-likeness (QED) is 0.592. The lowest BCUT2D eigenvalue weighted by molar-refractivity contribution is -0.385. The van der Waals surface area contributed by atoms with Gasteiger partial charge in [-0.2, -0.15) is 0 Å². The van der Waals surface area contributed by atoms with Crippen LogP contribution in [0.5, 0.6) is 0 Å². The monoisotopic (exact) mass is 236 g/mol. The number of amides is 3. The van der Waals surface area contributed by atoms with E-state index < -0.39 is 11.0 Å². The molecule has 1 aromatic heterocycles. The molecule has 0 bridgehead atoms. The highest BCUT2D eigenvalue weighted by Crippen LogP contribution is 2.17. The SMILES string of the molecule is O=C1CCN(c2ccc([N+](=O)[O-])cn2)C(=O)N1. The van der Waals surface area contributed by atoms with Gasteiger partial charge in [0, 0.05) is 19.0 Å². The van der Waals surface area contributed by atoms with Crippen molar-refractivity contribution in [3.05, 3.63) is 28.4 Å². The van der Waals surface area contributed by atoms with Crippen LogP contribution in [0.3, 0.4) is 0 Å². The summed E-state index contributed by atoms with van der Waals surface area (Å²) >= 11 is 0. The Labute approximate surface area is 95.4 Å². The first kappa shape index (κ1) is 11.0. The van der Waals surface area contributed by atoms with Gasteiger partial charge in [0.25, 0.3) is 5.69 Å². The van der Waals surface area contributed by atoms with Crippen LogP contribution in [0.1, 0.15) is 6.42 Å². The summed E-state index contributed by atoms with van der Waals surface area (Å²) < 4.78 is 0. The van der Waals surface area contributed by atoms with Crippen LogP contribution in [-0.2, 0) is 4.79 Å². The van der Waals surface area contributed by atoms with Gasteiger partial charge in [-0.1, -0.05) is 0 Å². The summed E-state index contributed by atoms with van der Waals surface area (Å²) in [4.78, 5) is 37.3. The van der Waals surface area contributed by atoms with Crippen LogP contribution >= 0.6 is 0 Å². The Balaban J connectivity index is 2.20. The molecule has 17 heavy (non-hydrogen) atoms. The molecule has 2 heterocycles. The van der Waals surface area contributed by atoms with Crippen molar-refractivity contribution in [1.29, 1.82) is 0 Å².